The number of rotatable bonds is 5. The molecule has 0 N–H and O–H groups in total. The maximum Gasteiger partial charge on any atom is 0.253 e. The lowest BCUT2D eigenvalue weighted by Crippen LogP contribution is -2.39. The van der Waals surface area contributed by atoms with Crippen LogP contribution in [-0.2, 0) is 6.54 Å². The van der Waals surface area contributed by atoms with E-state index >= 15 is 0 Å². The van der Waals surface area contributed by atoms with Gasteiger partial charge in [0.05, 0.1) is 0 Å². The Bertz CT molecular complexity index is 740. The molecular formula is C20H26FN3O. The van der Waals surface area contributed by atoms with E-state index in [2.05, 4.69) is 16.5 Å². The summed E-state index contributed by atoms with van der Waals surface area (Å²) in [6, 6.07) is 4.60. The summed E-state index contributed by atoms with van der Waals surface area (Å²) in [5, 5.41) is 0. The number of carbonyl (C=O) groups excluding carboxylic acids is 1. The van der Waals surface area contributed by atoms with Gasteiger partial charge < -0.3 is 9.47 Å². The molecule has 1 aromatic heterocycles. The summed E-state index contributed by atoms with van der Waals surface area (Å²) in [5.41, 5.74) is 1.07. The molecule has 1 fully saturated rings. The Kier molecular flexibility index (Phi) is 5.51. The van der Waals surface area contributed by atoms with E-state index in [-0.39, 0.29) is 17.6 Å². The van der Waals surface area contributed by atoms with Gasteiger partial charge in [-0.2, -0.15) is 0 Å². The molecule has 1 aliphatic heterocycles. The van der Waals surface area contributed by atoms with Crippen LogP contribution < -0.4 is 0 Å². The zero-order valence-electron chi connectivity index (χ0n) is 15.0. The molecule has 4 nitrogen and oxygen atoms in total. The van der Waals surface area contributed by atoms with E-state index in [9.17, 15) is 9.18 Å². The molecule has 0 saturated carbocycles. The summed E-state index contributed by atoms with van der Waals surface area (Å²) >= 11 is 0. The van der Waals surface area contributed by atoms with Crippen molar-refractivity contribution in [1.82, 2.24) is 14.5 Å². The number of unbranched alkanes of at least 4 members (excludes halogenated alkanes) is 1. The largest absolute Gasteiger partial charge is 0.338 e. The second kappa shape index (κ2) is 7.81. The van der Waals surface area contributed by atoms with Gasteiger partial charge in [0.15, 0.2) is 0 Å². The van der Waals surface area contributed by atoms with E-state index < -0.39 is 0 Å². The average Bonchev–Trinajstić information content (AvgIpc) is 3.10. The molecule has 1 aliphatic rings. The smallest absolute Gasteiger partial charge is 0.253 e. The number of piperidine rings is 1. The Morgan fingerprint density at radius 2 is 2.24 bits per heavy atom. The Labute approximate surface area is 148 Å². The molecule has 0 radical (unpaired) electrons. The van der Waals surface area contributed by atoms with Gasteiger partial charge in [-0.1, -0.05) is 13.3 Å². The lowest BCUT2D eigenvalue weighted by atomic mass is 9.96. The van der Waals surface area contributed by atoms with Crippen LogP contribution in [0.15, 0.2) is 30.6 Å². The van der Waals surface area contributed by atoms with Gasteiger partial charge >= 0.3 is 0 Å². The fraction of sp³-hybridized carbons (Fsp3) is 0.500. The molecule has 0 aliphatic carbocycles. The third-order valence-electron chi connectivity index (χ3n) is 4.98. The number of aromatic nitrogens is 2. The van der Waals surface area contributed by atoms with Crippen molar-refractivity contribution in [3.8, 4) is 0 Å². The Balaban J connectivity index is 1.73. The van der Waals surface area contributed by atoms with Gasteiger partial charge in [0.25, 0.3) is 5.91 Å². The van der Waals surface area contributed by atoms with Crippen LogP contribution in [0, 0.1) is 12.7 Å². The predicted molar refractivity (Wildman–Crippen MR) is 96.2 cm³/mol. The maximum absolute atomic E-state index is 13.5. The Morgan fingerprint density at radius 1 is 1.40 bits per heavy atom. The number of hydrogen-bond donors (Lipinski definition) is 0. The standard InChI is InChI=1S/C20H26FN3O/c1-3-4-10-23-12-9-22-19(23)17-6-5-11-24(14-17)20(25)16-7-8-18(21)15(2)13-16/h7-9,12-13,17H,3-6,10-11,14H2,1-2H3/t17-/m1/s1. The number of amides is 1. The first-order valence-corrected chi connectivity index (χ1v) is 9.16. The summed E-state index contributed by atoms with van der Waals surface area (Å²) in [4.78, 5) is 19.3. The third-order valence-corrected chi connectivity index (χ3v) is 4.98. The number of imidazole rings is 1. The van der Waals surface area contributed by atoms with Gasteiger partial charge in [-0.25, -0.2) is 9.37 Å². The van der Waals surface area contributed by atoms with Crippen LogP contribution in [-0.4, -0.2) is 33.4 Å². The molecule has 1 saturated heterocycles. The SMILES string of the molecule is CCCCn1ccnc1[C@@H]1CCCN(C(=O)c2ccc(F)c(C)c2)C1. The summed E-state index contributed by atoms with van der Waals surface area (Å²) in [7, 11) is 0. The highest BCUT2D eigenvalue weighted by Crippen LogP contribution is 2.27. The summed E-state index contributed by atoms with van der Waals surface area (Å²) in [5.74, 6) is 1.07. The molecule has 2 heterocycles. The lowest BCUT2D eigenvalue weighted by molar-refractivity contribution is 0.0703. The van der Waals surface area contributed by atoms with Crippen LogP contribution in [0.1, 0.15) is 60.3 Å². The first kappa shape index (κ1) is 17.6. The van der Waals surface area contributed by atoms with Gasteiger partial charge in [0, 0.05) is 43.5 Å². The number of likely N-dealkylation sites (tertiary alicyclic amines) is 1. The van der Waals surface area contributed by atoms with Crippen LogP contribution in [0.25, 0.3) is 0 Å². The number of aryl methyl sites for hydroxylation is 2. The highest BCUT2D eigenvalue weighted by atomic mass is 19.1. The summed E-state index contributed by atoms with van der Waals surface area (Å²) in [6.45, 7) is 6.28. The van der Waals surface area contributed by atoms with Crippen molar-refractivity contribution in [3.63, 3.8) is 0 Å². The van der Waals surface area contributed by atoms with Crippen molar-refractivity contribution in [3.05, 3.63) is 53.4 Å². The van der Waals surface area contributed by atoms with E-state index in [1.54, 1.807) is 19.1 Å². The van der Waals surface area contributed by atoms with Gasteiger partial charge in [0.2, 0.25) is 0 Å². The minimum Gasteiger partial charge on any atom is -0.338 e. The summed E-state index contributed by atoms with van der Waals surface area (Å²) < 4.78 is 15.7. The molecular weight excluding hydrogens is 317 g/mol. The molecule has 0 spiro atoms. The first-order chi connectivity index (χ1) is 12.1. The van der Waals surface area contributed by atoms with E-state index in [4.69, 9.17) is 0 Å². The molecule has 1 atom stereocenters. The fourth-order valence-electron chi connectivity index (χ4n) is 3.53. The second-order valence-corrected chi connectivity index (χ2v) is 6.89. The Morgan fingerprint density at radius 3 is 3.00 bits per heavy atom. The number of nitrogens with zero attached hydrogens (tertiary/aromatic N) is 3. The quantitative estimate of drug-likeness (QED) is 0.818. The number of benzene rings is 1. The van der Waals surface area contributed by atoms with Crippen LogP contribution >= 0.6 is 0 Å². The molecule has 5 heteroatoms. The zero-order chi connectivity index (χ0) is 17.8. The van der Waals surface area contributed by atoms with Gasteiger partial charge in [-0.05, 0) is 49.9 Å². The zero-order valence-corrected chi connectivity index (χ0v) is 15.0. The third kappa shape index (κ3) is 3.91. The molecule has 0 unspecified atom stereocenters. The minimum atomic E-state index is -0.272. The normalized spacial score (nSPS) is 17.7. The molecule has 25 heavy (non-hydrogen) atoms. The van der Waals surface area contributed by atoms with Gasteiger partial charge in [0.1, 0.15) is 11.6 Å². The van der Waals surface area contributed by atoms with Crippen LogP contribution in [0.2, 0.25) is 0 Å². The molecule has 2 aromatic rings. The van der Waals surface area contributed by atoms with Crippen molar-refractivity contribution >= 4 is 5.91 Å². The van der Waals surface area contributed by atoms with Gasteiger partial charge in [-0.3, -0.25) is 4.79 Å². The number of halogens is 1. The van der Waals surface area contributed by atoms with E-state index in [1.807, 2.05) is 17.3 Å². The van der Waals surface area contributed by atoms with Crippen molar-refractivity contribution in [2.45, 2.75) is 52.0 Å². The molecule has 1 amide bonds. The summed E-state index contributed by atoms with van der Waals surface area (Å²) in [6.07, 6.45) is 8.20. The topological polar surface area (TPSA) is 38.1 Å². The minimum absolute atomic E-state index is 0.0144. The van der Waals surface area contributed by atoms with Crippen molar-refractivity contribution < 1.29 is 9.18 Å². The van der Waals surface area contributed by atoms with Crippen molar-refractivity contribution in [2.75, 3.05) is 13.1 Å². The number of carbonyl (C=O) groups is 1. The molecule has 134 valence electrons. The Hall–Kier alpha value is -2.17. The molecule has 1 aromatic carbocycles. The van der Waals surface area contributed by atoms with Crippen molar-refractivity contribution in [1.29, 1.82) is 0 Å². The van der Waals surface area contributed by atoms with E-state index in [0.717, 1.165) is 44.6 Å². The first-order valence-electron chi connectivity index (χ1n) is 9.16. The van der Waals surface area contributed by atoms with E-state index in [0.29, 0.717) is 17.7 Å². The average molecular weight is 343 g/mol. The molecule has 0 bridgehead atoms. The van der Waals surface area contributed by atoms with E-state index in [1.165, 1.54) is 6.07 Å². The van der Waals surface area contributed by atoms with Crippen LogP contribution in [0.5, 0.6) is 0 Å². The van der Waals surface area contributed by atoms with Crippen LogP contribution in [0.3, 0.4) is 0 Å². The fourth-order valence-corrected chi connectivity index (χ4v) is 3.53. The van der Waals surface area contributed by atoms with Crippen molar-refractivity contribution in [2.24, 2.45) is 0 Å². The molecule has 3 rings (SSSR count). The maximum atomic E-state index is 13.5. The second-order valence-electron chi connectivity index (χ2n) is 6.89. The monoisotopic (exact) mass is 343 g/mol. The van der Waals surface area contributed by atoms with Gasteiger partial charge in [-0.15, -0.1) is 0 Å². The predicted octanol–water partition coefficient (Wildman–Crippen LogP) is 4.15. The van der Waals surface area contributed by atoms with Crippen LogP contribution in [0.4, 0.5) is 4.39 Å². The highest BCUT2D eigenvalue weighted by molar-refractivity contribution is 5.94. The number of hydrogen-bond acceptors (Lipinski definition) is 2. The highest BCUT2D eigenvalue weighted by Gasteiger charge is 2.28. The lowest BCUT2D eigenvalue weighted by Gasteiger charge is -2.33.